The lowest BCUT2D eigenvalue weighted by molar-refractivity contribution is 0.432. The molecule has 4 nitrogen and oxygen atoms in total. The van der Waals surface area contributed by atoms with Crippen LogP contribution in [0.15, 0.2) is 18.2 Å². The summed E-state index contributed by atoms with van der Waals surface area (Å²) in [4.78, 5) is 0. The zero-order chi connectivity index (χ0) is 15.0. The molecule has 0 bridgehead atoms. The van der Waals surface area contributed by atoms with Crippen LogP contribution in [0, 0.1) is 5.82 Å². The van der Waals surface area contributed by atoms with Crippen LogP contribution >= 0.6 is 0 Å². The van der Waals surface area contributed by atoms with Crippen molar-refractivity contribution in [1.29, 1.82) is 0 Å². The van der Waals surface area contributed by atoms with E-state index < -0.39 is 21.6 Å². The quantitative estimate of drug-likeness (QED) is 0.541. The second kappa shape index (κ2) is 8.09. The SMILES string of the molecule is CCCCCCCCS(=O)(=O)Nc1ccc(O)c(F)c1. The average molecular weight is 303 g/mol. The monoisotopic (exact) mass is 303 g/mol. The van der Waals surface area contributed by atoms with Crippen molar-refractivity contribution in [3.63, 3.8) is 0 Å². The summed E-state index contributed by atoms with van der Waals surface area (Å²) >= 11 is 0. The van der Waals surface area contributed by atoms with E-state index in [1.165, 1.54) is 12.5 Å². The maximum Gasteiger partial charge on any atom is 0.232 e. The highest BCUT2D eigenvalue weighted by Crippen LogP contribution is 2.20. The van der Waals surface area contributed by atoms with Crippen LogP contribution in [0.3, 0.4) is 0 Å². The molecule has 0 heterocycles. The molecule has 0 radical (unpaired) electrons. The van der Waals surface area contributed by atoms with Crippen molar-refractivity contribution in [1.82, 2.24) is 0 Å². The third-order valence-electron chi connectivity index (χ3n) is 2.99. The Labute approximate surface area is 120 Å². The van der Waals surface area contributed by atoms with Crippen molar-refractivity contribution in [2.45, 2.75) is 45.4 Å². The molecule has 114 valence electrons. The van der Waals surface area contributed by atoms with Gasteiger partial charge in [-0.2, -0.15) is 0 Å². The number of phenols is 1. The number of phenolic OH excluding ortho intramolecular Hbond substituents is 1. The minimum absolute atomic E-state index is 0.0294. The smallest absolute Gasteiger partial charge is 0.232 e. The number of aromatic hydroxyl groups is 1. The second-order valence-corrected chi connectivity index (χ2v) is 6.70. The number of hydrogen-bond acceptors (Lipinski definition) is 3. The molecule has 1 rings (SSSR count). The van der Waals surface area contributed by atoms with Gasteiger partial charge in [0.1, 0.15) is 0 Å². The van der Waals surface area contributed by atoms with Gasteiger partial charge in [0, 0.05) is 6.07 Å². The van der Waals surface area contributed by atoms with Crippen LogP contribution in [0.1, 0.15) is 45.4 Å². The molecule has 0 saturated carbocycles. The van der Waals surface area contributed by atoms with Crippen molar-refractivity contribution in [2.24, 2.45) is 0 Å². The molecule has 6 heteroatoms. The summed E-state index contributed by atoms with van der Waals surface area (Å²) < 4.78 is 39.0. The van der Waals surface area contributed by atoms with E-state index in [9.17, 15) is 12.8 Å². The minimum atomic E-state index is -3.46. The highest BCUT2D eigenvalue weighted by atomic mass is 32.2. The van der Waals surface area contributed by atoms with Crippen molar-refractivity contribution < 1.29 is 17.9 Å². The van der Waals surface area contributed by atoms with Crippen LogP contribution in [0.25, 0.3) is 0 Å². The van der Waals surface area contributed by atoms with Crippen molar-refractivity contribution in [2.75, 3.05) is 10.5 Å². The van der Waals surface area contributed by atoms with Crippen molar-refractivity contribution in [3.05, 3.63) is 24.0 Å². The van der Waals surface area contributed by atoms with Crippen LogP contribution in [0.4, 0.5) is 10.1 Å². The Morgan fingerprint density at radius 2 is 1.80 bits per heavy atom. The summed E-state index contributed by atoms with van der Waals surface area (Å²) in [7, 11) is -3.46. The lowest BCUT2D eigenvalue weighted by atomic mass is 10.1. The van der Waals surface area contributed by atoms with E-state index in [-0.39, 0.29) is 11.4 Å². The first-order chi connectivity index (χ1) is 9.44. The molecule has 0 saturated heterocycles. The Balaban J connectivity index is 2.39. The standard InChI is InChI=1S/C14H22FNO3S/c1-2-3-4-5-6-7-10-20(18,19)16-12-8-9-14(17)13(15)11-12/h8-9,11,16-17H,2-7,10H2,1H3. The molecule has 0 aromatic heterocycles. The molecule has 0 fully saturated rings. The predicted octanol–water partition coefficient (Wildman–Crippen LogP) is 3.63. The van der Waals surface area contributed by atoms with E-state index in [2.05, 4.69) is 11.6 Å². The van der Waals surface area contributed by atoms with Crippen molar-refractivity contribution in [3.8, 4) is 5.75 Å². The Morgan fingerprint density at radius 1 is 1.15 bits per heavy atom. The van der Waals surface area contributed by atoms with Crippen LogP contribution in [-0.4, -0.2) is 19.3 Å². The molecule has 0 atom stereocenters. The summed E-state index contributed by atoms with van der Waals surface area (Å²) in [6, 6.07) is 3.42. The van der Waals surface area contributed by atoms with Gasteiger partial charge in [-0.05, 0) is 18.6 Å². The highest BCUT2D eigenvalue weighted by molar-refractivity contribution is 7.92. The molecule has 1 aromatic rings. The molecule has 0 aliphatic carbocycles. The number of halogens is 1. The van der Waals surface area contributed by atoms with Gasteiger partial charge in [-0.1, -0.05) is 39.0 Å². The summed E-state index contributed by atoms with van der Waals surface area (Å²) in [6.07, 6.45) is 5.98. The molecule has 20 heavy (non-hydrogen) atoms. The lowest BCUT2D eigenvalue weighted by Crippen LogP contribution is -2.16. The van der Waals surface area contributed by atoms with E-state index in [0.29, 0.717) is 6.42 Å². The van der Waals surface area contributed by atoms with Crippen LogP contribution in [0.2, 0.25) is 0 Å². The zero-order valence-corrected chi connectivity index (χ0v) is 12.5. The zero-order valence-electron chi connectivity index (χ0n) is 11.7. The van der Waals surface area contributed by atoms with Gasteiger partial charge in [-0.15, -0.1) is 0 Å². The Kier molecular flexibility index (Phi) is 6.78. The molecule has 1 aromatic carbocycles. The fraction of sp³-hybridized carbons (Fsp3) is 0.571. The summed E-state index contributed by atoms with van der Waals surface area (Å²) in [5, 5.41) is 9.03. The van der Waals surface area contributed by atoms with E-state index in [1.807, 2.05) is 0 Å². The molecule has 0 spiro atoms. The number of nitrogens with one attached hydrogen (secondary N) is 1. The normalized spacial score (nSPS) is 11.5. The van der Waals surface area contributed by atoms with Crippen LogP contribution in [0.5, 0.6) is 5.75 Å². The average Bonchev–Trinajstić information content (AvgIpc) is 2.38. The number of benzene rings is 1. The Hall–Kier alpha value is -1.30. The first-order valence-electron chi connectivity index (χ1n) is 6.93. The van der Waals surface area contributed by atoms with Gasteiger partial charge in [0.15, 0.2) is 11.6 Å². The summed E-state index contributed by atoms with van der Waals surface area (Å²) in [6.45, 7) is 2.13. The largest absolute Gasteiger partial charge is 0.505 e. The van der Waals surface area contributed by atoms with Crippen LogP contribution in [-0.2, 0) is 10.0 Å². The highest BCUT2D eigenvalue weighted by Gasteiger charge is 2.11. The Bertz CT molecular complexity index is 517. The number of sulfonamides is 1. The Morgan fingerprint density at radius 3 is 2.45 bits per heavy atom. The van der Waals surface area contributed by atoms with Gasteiger partial charge in [0.2, 0.25) is 10.0 Å². The van der Waals surface area contributed by atoms with E-state index in [4.69, 9.17) is 5.11 Å². The fourth-order valence-corrected chi connectivity index (χ4v) is 3.05. The topological polar surface area (TPSA) is 66.4 Å². The fourth-order valence-electron chi connectivity index (χ4n) is 1.87. The van der Waals surface area contributed by atoms with Gasteiger partial charge in [0.05, 0.1) is 11.4 Å². The van der Waals surface area contributed by atoms with E-state index in [0.717, 1.165) is 37.8 Å². The molecule has 0 aliphatic rings. The molecular weight excluding hydrogens is 281 g/mol. The van der Waals surface area contributed by atoms with Gasteiger partial charge in [0.25, 0.3) is 0 Å². The minimum Gasteiger partial charge on any atom is -0.505 e. The number of anilines is 1. The maximum absolute atomic E-state index is 13.1. The maximum atomic E-state index is 13.1. The van der Waals surface area contributed by atoms with E-state index >= 15 is 0 Å². The van der Waals surface area contributed by atoms with E-state index in [1.54, 1.807) is 0 Å². The lowest BCUT2D eigenvalue weighted by Gasteiger charge is -2.08. The molecular formula is C14H22FNO3S. The number of hydrogen-bond donors (Lipinski definition) is 2. The summed E-state index contributed by atoms with van der Waals surface area (Å²) in [5.41, 5.74) is 0.131. The molecule has 0 amide bonds. The number of unbranched alkanes of at least 4 members (excludes halogenated alkanes) is 5. The van der Waals surface area contributed by atoms with Gasteiger partial charge in [-0.25, -0.2) is 12.8 Å². The third kappa shape index (κ3) is 6.23. The van der Waals surface area contributed by atoms with Crippen molar-refractivity contribution >= 4 is 15.7 Å². The predicted molar refractivity (Wildman–Crippen MR) is 78.9 cm³/mol. The molecule has 0 aliphatic heterocycles. The van der Waals surface area contributed by atoms with Gasteiger partial charge < -0.3 is 5.11 Å². The summed E-state index contributed by atoms with van der Waals surface area (Å²) in [5.74, 6) is -1.31. The van der Waals surface area contributed by atoms with Gasteiger partial charge in [-0.3, -0.25) is 4.72 Å². The molecule has 0 unspecified atom stereocenters. The second-order valence-electron chi connectivity index (χ2n) is 4.85. The third-order valence-corrected chi connectivity index (χ3v) is 4.36. The van der Waals surface area contributed by atoms with Gasteiger partial charge >= 0.3 is 0 Å². The number of rotatable bonds is 9. The molecule has 2 N–H and O–H groups in total. The first kappa shape index (κ1) is 16.8. The first-order valence-corrected chi connectivity index (χ1v) is 8.59. The van der Waals surface area contributed by atoms with Crippen LogP contribution < -0.4 is 4.72 Å².